The van der Waals surface area contributed by atoms with Crippen LogP contribution in [-0.2, 0) is 4.79 Å². The number of halogens is 1. The van der Waals surface area contributed by atoms with Gasteiger partial charge in [-0.1, -0.05) is 25.1 Å². The summed E-state index contributed by atoms with van der Waals surface area (Å²) in [6.07, 6.45) is -1.08. The quantitative estimate of drug-likeness (QED) is 0.884. The molecule has 6 nitrogen and oxygen atoms in total. The number of fused-ring (bicyclic) bond motifs is 1. The summed E-state index contributed by atoms with van der Waals surface area (Å²) in [5.41, 5.74) is 7.28. The van der Waals surface area contributed by atoms with Crippen LogP contribution in [0.25, 0.3) is 5.32 Å². The van der Waals surface area contributed by atoms with E-state index in [-0.39, 0.29) is 17.3 Å². The highest BCUT2D eigenvalue weighted by Crippen LogP contribution is 2.47. The van der Waals surface area contributed by atoms with Gasteiger partial charge >= 0.3 is 0 Å². The Morgan fingerprint density at radius 3 is 2.42 bits per heavy atom. The summed E-state index contributed by atoms with van der Waals surface area (Å²) in [6, 6.07) is 9.81. The molecular weight excluding hydrogens is 337 g/mol. The molecule has 1 heterocycles. The molecule has 3 N–H and O–H groups in total. The van der Waals surface area contributed by atoms with Gasteiger partial charge in [0.25, 0.3) is 0 Å². The van der Waals surface area contributed by atoms with Crippen molar-refractivity contribution in [3.05, 3.63) is 64.7 Å². The third kappa shape index (κ3) is 3.13. The molecule has 0 aromatic heterocycles. The van der Waals surface area contributed by atoms with Crippen molar-refractivity contribution < 1.29 is 19.1 Å². The molecule has 2 aromatic carbocycles. The van der Waals surface area contributed by atoms with Gasteiger partial charge in [-0.3, -0.25) is 14.5 Å². The molecule has 0 radical (unpaired) electrons. The van der Waals surface area contributed by atoms with Crippen LogP contribution >= 0.6 is 0 Å². The molecule has 26 heavy (non-hydrogen) atoms. The molecule has 7 heteroatoms. The van der Waals surface area contributed by atoms with E-state index in [4.69, 9.17) is 5.73 Å². The molecule has 0 bridgehead atoms. The summed E-state index contributed by atoms with van der Waals surface area (Å²) in [4.78, 5) is 24.9. The van der Waals surface area contributed by atoms with Crippen LogP contribution in [0.1, 0.15) is 35.8 Å². The van der Waals surface area contributed by atoms with Crippen molar-refractivity contribution >= 4 is 23.2 Å². The zero-order valence-electron chi connectivity index (χ0n) is 14.4. The summed E-state index contributed by atoms with van der Waals surface area (Å²) >= 11 is 0. The van der Waals surface area contributed by atoms with Crippen LogP contribution in [0.4, 0.5) is 15.8 Å². The molecule has 1 aliphatic rings. The molecular formula is C19H19FN3O3-. The number of benzene rings is 2. The van der Waals surface area contributed by atoms with Crippen molar-refractivity contribution in [3.8, 4) is 0 Å². The maximum atomic E-state index is 13.1. The first kappa shape index (κ1) is 17.9. The third-order valence-electron chi connectivity index (χ3n) is 4.58. The fraction of sp³-hybridized carbons (Fsp3) is 0.263. The van der Waals surface area contributed by atoms with Crippen LogP contribution in [0.3, 0.4) is 0 Å². The van der Waals surface area contributed by atoms with Crippen LogP contribution in [-0.4, -0.2) is 23.1 Å². The summed E-state index contributed by atoms with van der Waals surface area (Å²) in [5.74, 6) is -1.74. The Morgan fingerprint density at radius 2 is 1.85 bits per heavy atom. The van der Waals surface area contributed by atoms with E-state index >= 15 is 0 Å². The van der Waals surface area contributed by atoms with Gasteiger partial charge in [-0.25, -0.2) is 4.39 Å². The number of hydrogen-bond donors (Lipinski definition) is 2. The molecule has 1 unspecified atom stereocenters. The number of primary amides is 1. The van der Waals surface area contributed by atoms with E-state index in [1.807, 2.05) is 0 Å². The minimum Gasteiger partial charge on any atom is -0.678 e. The lowest BCUT2D eigenvalue weighted by atomic mass is 9.85. The van der Waals surface area contributed by atoms with Gasteiger partial charge in [0.1, 0.15) is 12.0 Å². The Kier molecular flexibility index (Phi) is 4.65. The van der Waals surface area contributed by atoms with E-state index in [0.29, 0.717) is 16.9 Å². The molecule has 2 aromatic rings. The first-order chi connectivity index (χ1) is 12.3. The first-order valence-corrected chi connectivity index (χ1v) is 8.17. The van der Waals surface area contributed by atoms with Gasteiger partial charge in [0.2, 0.25) is 11.8 Å². The maximum absolute atomic E-state index is 13.1. The van der Waals surface area contributed by atoms with Gasteiger partial charge in [0, 0.05) is 18.2 Å². The SMILES string of the molecule is CC(=O)N1c2ccc(C(N)=O)cc2C([N-]c2ccc(F)cc2)[C@@H](C)[C@@H]1O. The number of rotatable bonds is 3. The van der Waals surface area contributed by atoms with Crippen LogP contribution in [0.2, 0.25) is 0 Å². The predicted octanol–water partition coefficient (Wildman–Crippen LogP) is 2.99. The second-order valence-corrected chi connectivity index (χ2v) is 6.35. The maximum Gasteiger partial charge on any atom is 0.248 e. The summed E-state index contributed by atoms with van der Waals surface area (Å²) in [6.45, 7) is 3.12. The number of aliphatic hydroxyl groups is 1. The highest BCUT2D eigenvalue weighted by atomic mass is 19.1. The minimum atomic E-state index is -1.08. The summed E-state index contributed by atoms with van der Waals surface area (Å²) < 4.78 is 13.1. The van der Waals surface area contributed by atoms with E-state index in [9.17, 15) is 19.1 Å². The molecule has 0 saturated heterocycles. The van der Waals surface area contributed by atoms with Crippen LogP contribution in [0.5, 0.6) is 0 Å². The first-order valence-electron chi connectivity index (χ1n) is 8.17. The Hall–Kier alpha value is -2.93. The monoisotopic (exact) mass is 356 g/mol. The smallest absolute Gasteiger partial charge is 0.248 e. The minimum absolute atomic E-state index is 0.287. The topological polar surface area (TPSA) is 97.7 Å². The molecule has 1 aliphatic heterocycles. The second kappa shape index (κ2) is 6.76. The lowest BCUT2D eigenvalue weighted by Gasteiger charge is -2.49. The summed E-state index contributed by atoms with van der Waals surface area (Å²) in [5, 5.41) is 15.2. The van der Waals surface area contributed by atoms with Gasteiger partial charge in [-0.2, -0.15) is 0 Å². The third-order valence-corrected chi connectivity index (χ3v) is 4.58. The van der Waals surface area contributed by atoms with Crippen molar-refractivity contribution in [1.29, 1.82) is 0 Å². The number of nitrogens with two attached hydrogens (primary N) is 1. The highest BCUT2D eigenvalue weighted by Gasteiger charge is 2.36. The van der Waals surface area contributed by atoms with Gasteiger partial charge < -0.3 is 16.2 Å². The second-order valence-electron chi connectivity index (χ2n) is 6.35. The van der Waals surface area contributed by atoms with Crippen molar-refractivity contribution in [3.63, 3.8) is 0 Å². The molecule has 3 atom stereocenters. The zero-order chi connectivity index (χ0) is 19.0. The van der Waals surface area contributed by atoms with Crippen molar-refractivity contribution in [1.82, 2.24) is 0 Å². The van der Waals surface area contributed by atoms with Gasteiger partial charge in [0.15, 0.2) is 0 Å². The molecule has 136 valence electrons. The number of amides is 2. The van der Waals surface area contributed by atoms with Crippen molar-refractivity contribution in [2.24, 2.45) is 11.7 Å². The van der Waals surface area contributed by atoms with Crippen molar-refractivity contribution in [2.45, 2.75) is 26.1 Å². The van der Waals surface area contributed by atoms with E-state index in [1.165, 1.54) is 42.2 Å². The zero-order valence-corrected chi connectivity index (χ0v) is 14.4. The average Bonchev–Trinajstić information content (AvgIpc) is 2.60. The van der Waals surface area contributed by atoms with E-state index in [2.05, 4.69) is 5.32 Å². The summed E-state index contributed by atoms with van der Waals surface area (Å²) in [7, 11) is 0. The predicted molar refractivity (Wildman–Crippen MR) is 95.5 cm³/mol. The number of nitrogens with zero attached hydrogens (tertiary/aromatic N) is 2. The number of carbonyl (C=O) groups excluding carboxylic acids is 2. The number of anilines is 1. The van der Waals surface area contributed by atoms with Crippen LogP contribution in [0.15, 0.2) is 42.5 Å². The lowest BCUT2D eigenvalue weighted by molar-refractivity contribution is -0.119. The fourth-order valence-corrected chi connectivity index (χ4v) is 3.22. The highest BCUT2D eigenvalue weighted by molar-refractivity contribution is 5.97. The van der Waals surface area contributed by atoms with E-state index in [0.717, 1.165) is 0 Å². The normalized spacial score (nSPS) is 21.8. The van der Waals surface area contributed by atoms with Crippen LogP contribution < -0.4 is 10.6 Å². The number of hydrogen-bond acceptors (Lipinski definition) is 3. The lowest BCUT2D eigenvalue weighted by Crippen LogP contribution is -2.48. The average molecular weight is 356 g/mol. The number of aliphatic hydroxyl groups excluding tert-OH is 1. The Labute approximate surface area is 150 Å². The molecule has 0 aliphatic carbocycles. The Bertz CT molecular complexity index is 854. The number of carbonyl (C=O) groups is 2. The van der Waals surface area contributed by atoms with E-state index in [1.54, 1.807) is 19.1 Å². The standard InChI is InChI=1S/C19H19FN3O3/c1-10-17(22-14-6-4-13(20)5-7-14)15-9-12(18(21)25)3-8-16(15)23(11(2)24)19(10)26/h3-10,17,19,26H,1-2H3,(H2,21,25)/q-1/t10-,17?,19+/m1/s1. The molecule has 3 rings (SSSR count). The van der Waals surface area contributed by atoms with Crippen molar-refractivity contribution in [2.75, 3.05) is 4.90 Å². The molecule has 0 fully saturated rings. The van der Waals surface area contributed by atoms with Gasteiger partial charge in [-0.05, 0) is 41.8 Å². The molecule has 0 saturated carbocycles. The van der Waals surface area contributed by atoms with E-state index < -0.39 is 24.1 Å². The molecule has 0 spiro atoms. The van der Waals surface area contributed by atoms with Crippen LogP contribution in [0, 0.1) is 11.7 Å². The van der Waals surface area contributed by atoms with Gasteiger partial charge in [0.05, 0.1) is 0 Å². The fourth-order valence-electron chi connectivity index (χ4n) is 3.22. The Balaban J connectivity index is 2.09. The molecule has 2 amide bonds. The largest absolute Gasteiger partial charge is 0.678 e. The van der Waals surface area contributed by atoms with Gasteiger partial charge in [-0.15, -0.1) is 5.69 Å². The Morgan fingerprint density at radius 1 is 1.19 bits per heavy atom.